The Balaban J connectivity index is -0.000000109. The predicted molar refractivity (Wildman–Crippen MR) is 43.2 cm³/mol. The lowest BCUT2D eigenvalue weighted by Gasteiger charge is -1.95. The zero-order valence-corrected chi connectivity index (χ0v) is 6.99. The first kappa shape index (κ1) is 10.9. The average molecular weight is 118 g/mol. The third-order valence-electron chi connectivity index (χ3n) is 0.866. The first-order valence-electron chi connectivity index (χ1n) is 3.77. The van der Waals surface area contributed by atoms with E-state index >= 15 is 0 Å². The molecule has 0 saturated heterocycles. The van der Waals surface area contributed by atoms with E-state index in [2.05, 4.69) is 20.8 Å². The van der Waals surface area contributed by atoms with E-state index < -0.39 is 0 Å². The Hall–Kier alpha value is 0. The molecular weight excluding hydrogens is 96.1 g/mol. The van der Waals surface area contributed by atoms with Crippen LogP contribution in [-0.4, -0.2) is 0 Å². The summed E-state index contributed by atoms with van der Waals surface area (Å²) in [5.74, 6) is 0.898. The summed E-state index contributed by atoms with van der Waals surface area (Å²) in [6, 6.07) is 0. The van der Waals surface area contributed by atoms with E-state index in [1.165, 1.54) is 12.8 Å². The minimum Gasteiger partial charge on any atom is -0.0683 e. The Morgan fingerprint density at radius 3 is 1.62 bits per heavy atom. The maximum absolute atomic E-state index is 2.25. The van der Waals surface area contributed by atoms with Crippen molar-refractivity contribution in [2.45, 2.75) is 47.5 Å². The molecule has 0 spiro atoms. The van der Waals surface area contributed by atoms with E-state index in [1.807, 2.05) is 13.8 Å². The van der Waals surface area contributed by atoms with Gasteiger partial charge in [-0.15, -0.1) is 0 Å². The largest absolute Gasteiger partial charge is 0.0683 e. The molecule has 0 aliphatic heterocycles. The fraction of sp³-hybridized carbons (Fsp3) is 1.00. The highest BCUT2D eigenvalue weighted by molar-refractivity contribution is 4.38. The summed E-state index contributed by atoms with van der Waals surface area (Å²) in [7, 11) is 0. The summed E-state index contributed by atoms with van der Waals surface area (Å²) in [5, 5.41) is 0. The Bertz CT molecular complexity index is 25.7. The van der Waals surface area contributed by atoms with Crippen molar-refractivity contribution < 1.29 is 1.43 Å². The van der Waals surface area contributed by atoms with Crippen molar-refractivity contribution in [2.24, 2.45) is 5.92 Å². The molecule has 0 fully saturated rings. The minimum atomic E-state index is 0. The highest BCUT2D eigenvalue weighted by atomic mass is 13.9. The quantitative estimate of drug-likeness (QED) is 0.518. The molecule has 54 valence electrons. The van der Waals surface area contributed by atoms with Crippen LogP contribution in [0.3, 0.4) is 0 Å². The van der Waals surface area contributed by atoms with Crippen LogP contribution in [-0.2, 0) is 0 Å². The Morgan fingerprint density at radius 1 is 1.25 bits per heavy atom. The maximum Gasteiger partial charge on any atom is 0 e. The van der Waals surface area contributed by atoms with Crippen LogP contribution in [0, 0.1) is 5.92 Å². The Kier molecular flexibility index (Phi) is 13.7. The molecule has 0 aromatic rings. The van der Waals surface area contributed by atoms with Crippen LogP contribution in [0.5, 0.6) is 0 Å². The Labute approximate surface area is 55.8 Å². The van der Waals surface area contributed by atoms with E-state index in [4.69, 9.17) is 0 Å². The lowest BCUT2D eigenvalue weighted by Crippen LogP contribution is -1.81. The van der Waals surface area contributed by atoms with Crippen molar-refractivity contribution in [1.29, 1.82) is 0 Å². The third-order valence-corrected chi connectivity index (χ3v) is 0.866. The summed E-state index contributed by atoms with van der Waals surface area (Å²) in [4.78, 5) is 0. The molecule has 0 aliphatic carbocycles. The van der Waals surface area contributed by atoms with Gasteiger partial charge in [-0.3, -0.25) is 0 Å². The molecule has 0 unspecified atom stereocenters. The molecule has 0 atom stereocenters. The maximum atomic E-state index is 2.25. The molecule has 0 aromatic carbocycles. The van der Waals surface area contributed by atoms with Crippen LogP contribution >= 0.6 is 0 Å². The molecule has 0 saturated carbocycles. The molecule has 0 aliphatic rings. The summed E-state index contributed by atoms with van der Waals surface area (Å²) in [6.07, 6.45) is 2.71. The van der Waals surface area contributed by atoms with Gasteiger partial charge < -0.3 is 0 Å². The zero-order valence-electron chi connectivity index (χ0n) is 6.99. The molecule has 0 bridgehead atoms. The Morgan fingerprint density at radius 2 is 1.62 bits per heavy atom. The molecule has 0 nitrogen and oxygen atoms in total. The average Bonchev–Trinajstić information content (AvgIpc) is 1.72. The third kappa shape index (κ3) is 16.7. The second-order valence-corrected chi connectivity index (χ2v) is 2.18. The van der Waals surface area contributed by atoms with Gasteiger partial charge >= 0.3 is 0 Å². The number of hydrogen-bond donors (Lipinski definition) is 0. The molecule has 8 heavy (non-hydrogen) atoms. The van der Waals surface area contributed by atoms with Crippen molar-refractivity contribution in [2.75, 3.05) is 0 Å². The van der Waals surface area contributed by atoms with Crippen molar-refractivity contribution >= 4 is 0 Å². The lowest BCUT2D eigenvalue weighted by atomic mass is 10.1. The van der Waals surface area contributed by atoms with E-state index in [-0.39, 0.29) is 1.43 Å². The SMILES string of the molecule is CC.CCCC(C)C.[HH]. The van der Waals surface area contributed by atoms with Gasteiger partial charge in [-0.25, -0.2) is 0 Å². The number of rotatable bonds is 2. The van der Waals surface area contributed by atoms with Crippen LogP contribution in [0.15, 0.2) is 0 Å². The van der Waals surface area contributed by atoms with Crippen molar-refractivity contribution in [3.8, 4) is 0 Å². The molecule has 0 rings (SSSR count). The second-order valence-electron chi connectivity index (χ2n) is 2.18. The van der Waals surface area contributed by atoms with Crippen LogP contribution in [0.25, 0.3) is 0 Å². The van der Waals surface area contributed by atoms with Gasteiger partial charge in [-0.1, -0.05) is 47.5 Å². The highest BCUT2D eigenvalue weighted by Crippen LogP contribution is 2.00. The van der Waals surface area contributed by atoms with Crippen molar-refractivity contribution in [1.82, 2.24) is 0 Å². The second kappa shape index (κ2) is 10.1. The molecule has 0 amide bonds. The monoisotopic (exact) mass is 118 g/mol. The van der Waals surface area contributed by atoms with Crippen molar-refractivity contribution in [3.05, 3.63) is 0 Å². The fourth-order valence-corrected chi connectivity index (χ4v) is 0.577. The van der Waals surface area contributed by atoms with Gasteiger partial charge in [0.25, 0.3) is 0 Å². The molecule has 0 heteroatoms. The summed E-state index contributed by atoms with van der Waals surface area (Å²) in [6.45, 7) is 10.7. The van der Waals surface area contributed by atoms with Gasteiger partial charge in [-0.2, -0.15) is 0 Å². The van der Waals surface area contributed by atoms with E-state index in [0.717, 1.165) is 5.92 Å². The summed E-state index contributed by atoms with van der Waals surface area (Å²) >= 11 is 0. The zero-order chi connectivity index (χ0) is 6.99. The summed E-state index contributed by atoms with van der Waals surface area (Å²) < 4.78 is 0. The highest BCUT2D eigenvalue weighted by Gasteiger charge is 1.85. The molecular formula is C8H22. The first-order valence-corrected chi connectivity index (χ1v) is 3.77. The molecule has 0 N–H and O–H groups in total. The van der Waals surface area contributed by atoms with Crippen molar-refractivity contribution in [3.63, 3.8) is 0 Å². The van der Waals surface area contributed by atoms with Gasteiger partial charge in [0.1, 0.15) is 0 Å². The van der Waals surface area contributed by atoms with E-state index in [9.17, 15) is 0 Å². The minimum absolute atomic E-state index is 0. The topological polar surface area (TPSA) is 0 Å². The standard InChI is InChI=1S/C6H14.C2H6.H2/c1-4-5-6(2)3;1-2;/h6H,4-5H2,1-3H3;1-2H3;1H. The van der Waals surface area contributed by atoms with E-state index in [0.29, 0.717) is 0 Å². The van der Waals surface area contributed by atoms with Crippen LogP contribution < -0.4 is 0 Å². The predicted octanol–water partition coefficient (Wildman–Crippen LogP) is 3.71. The molecule has 0 heterocycles. The van der Waals surface area contributed by atoms with Gasteiger partial charge in [0.2, 0.25) is 0 Å². The van der Waals surface area contributed by atoms with Gasteiger partial charge in [0, 0.05) is 1.43 Å². The normalized spacial score (nSPS) is 8.25. The van der Waals surface area contributed by atoms with Gasteiger partial charge in [0.15, 0.2) is 0 Å². The summed E-state index contributed by atoms with van der Waals surface area (Å²) in [5.41, 5.74) is 0. The van der Waals surface area contributed by atoms with Gasteiger partial charge in [-0.05, 0) is 5.92 Å². The van der Waals surface area contributed by atoms with Crippen LogP contribution in [0.2, 0.25) is 0 Å². The number of hydrogen-bond acceptors (Lipinski definition) is 0. The first-order chi connectivity index (χ1) is 3.77. The van der Waals surface area contributed by atoms with Crippen LogP contribution in [0.1, 0.15) is 48.9 Å². The molecule has 0 aromatic heterocycles. The molecule has 0 radical (unpaired) electrons. The van der Waals surface area contributed by atoms with Gasteiger partial charge in [0.05, 0.1) is 0 Å². The van der Waals surface area contributed by atoms with E-state index in [1.54, 1.807) is 0 Å². The van der Waals surface area contributed by atoms with Crippen LogP contribution in [0.4, 0.5) is 0 Å². The smallest absolute Gasteiger partial charge is 0 e. The fourth-order valence-electron chi connectivity index (χ4n) is 0.577. The lowest BCUT2D eigenvalue weighted by molar-refractivity contribution is 0.576.